The third-order valence-electron chi connectivity index (χ3n) is 1.83. The van der Waals surface area contributed by atoms with E-state index in [1.807, 2.05) is 0 Å². The van der Waals surface area contributed by atoms with E-state index in [-0.39, 0.29) is 11.4 Å². The van der Waals surface area contributed by atoms with Gasteiger partial charge in [0.1, 0.15) is 5.69 Å². The zero-order valence-corrected chi connectivity index (χ0v) is 7.81. The molecule has 0 saturated carbocycles. The third kappa shape index (κ3) is 1.65. The summed E-state index contributed by atoms with van der Waals surface area (Å²) in [6.07, 6.45) is 2.46. The molecule has 2 aromatic heterocycles. The molecule has 0 atom stereocenters. The molecule has 2 rings (SSSR count). The number of rotatable bonds is 2. The number of ether oxygens (including phenoxy) is 1. The molecule has 0 amide bonds. The molecule has 0 radical (unpaired) electrons. The van der Waals surface area contributed by atoms with Crippen LogP contribution in [-0.4, -0.2) is 27.1 Å². The van der Waals surface area contributed by atoms with Crippen molar-refractivity contribution < 1.29 is 13.2 Å². The van der Waals surface area contributed by atoms with E-state index in [4.69, 9.17) is 8.85 Å². The van der Waals surface area contributed by atoms with E-state index in [0.29, 0.717) is 10.4 Å². The van der Waals surface area contributed by atoms with Crippen LogP contribution in [0.3, 0.4) is 0 Å². The normalized spacial score (nSPS) is 14.1. The molecule has 0 unspecified atom stereocenters. The topological polar surface area (TPSA) is 52.8 Å². The van der Waals surface area contributed by atoms with Gasteiger partial charge in [0.2, 0.25) is 0 Å². The second-order valence-corrected chi connectivity index (χ2v) is 2.70. The van der Waals surface area contributed by atoms with Gasteiger partial charge in [0.05, 0.1) is 18.9 Å². The van der Waals surface area contributed by atoms with Gasteiger partial charge in [0, 0.05) is 17.3 Å². The van der Waals surface area contributed by atoms with Crippen LogP contribution in [0.15, 0.2) is 18.5 Å². The Bertz CT molecular complexity index is 569. The van der Waals surface area contributed by atoms with E-state index in [2.05, 4.69) is 15.2 Å². The maximum absolute atomic E-state index is 13.4. The Morgan fingerprint density at radius 2 is 2.47 bits per heavy atom. The second-order valence-electron chi connectivity index (χ2n) is 2.70. The zero-order valence-electron chi connectivity index (χ0n) is 10.8. The lowest BCUT2D eigenvalue weighted by molar-refractivity contribution is 0.379. The van der Waals surface area contributed by atoms with Crippen molar-refractivity contribution in [1.29, 1.82) is 0 Å². The Balaban J connectivity index is 2.50. The molecule has 0 saturated heterocycles. The number of aromatic nitrogens is 4. The number of hydrogen-bond donors (Lipinski definition) is 0. The highest BCUT2D eigenvalue weighted by molar-refractivity contribution is 5.65. The van der Waals surface area contributed by atoms with E-state index in [9.17, 15) is 4.39 Å². The van der Waals surface area contributed by atoms with Gasteiger partial charge in [0.15, 0.2) is 5.75 Å². The average molecular weight is 211 g/mol. The SMILES string of the molecule is [2H]C([2H])([2H])n1ncc(-c2ccnc(F)c2OC)n1. The molecule has 15 heavy (non-hydrogen) atoms. The fraction of sp³-hybridized carbons (Fsp3) is 0.222. The van der Waals surface area contributed by atoms with E-state index in [1.54, 1.807) is 0 Å². The molecule has 0 fully saturated rings. The Hall–Kier alpha value is -1.98. The summed E-state index contributed by atoms with van der Waals surface area (Å²) in [5.74, 6) is -0.895. The maximum atomic E-state index is 13.4. The minimum atomic E-state index is -2.48. The molecule has 78 valence electrons. The summed E-state index contributed by atoms with van der Waals surface area (Å²) >= 11 is 0. The number of halogens is 1. The van der Waals surface area contributed by atoms with Crippen molar-refractivity contribution in [2.75, 3.05) is 7.11 Å². The summed E-state index contributed by atoms with van der Waals surface area (Å²) < 4.78 is 39.7. The largest absolute Gasteiger partial charge is 0.491 e. The first kappa shape index (κ1) is 6.49. The van der Waals surface area contributed by atoms with Crippen LogP contribution in [0, 0.1) is 5.95 Å². The van der Waals surface area contributed by atoms with Crippen LogP contribution in [0.4, 0.5) is 4.39 Å². The number of methoxy groups -OCH3 is 1. The van der Waals surface area contributed by atoms with Gasteiger partial charge in [-0.15, -0.1) is 0 Å². The van der Waals surface area contributed by atoms with Crippen LogP contribution in [0.2, 0.25) is 0 Å². The van der Waals surface area contributed by atoms with Gasteiger partial charge < -0.3 is 4.74 Å². The van der Waals surface area contributed by atoms with Gasteiger partial charge in [-0.25, -0.2) is 4.98 Å². The van der Waals surface area contributed by atoms with Gasteiger partial charge in [-0.05, 0) is 6.07 Å². The first-order chi connectivity index (χ1) is 8.43. The van der Waals surface area contributed by atoms with E-state index < -0.39 is 12.9 Å². The zero-order chi connectivity index (χ0) is 13.3. The Morgan fingerprint density at radius 1 is 1.60 bits per heavy atom. The summed E-state index contributed by atoms with van der Waals surface area (Å²) in [5.41, 5.74) is 0.491. The second kappa shape index (κ2) is 3.64. The highest BCUT2D eigenvalue weighted by atomic mass is 19.1. The average Bonchev–Trinajstić information content (AvgIpc) is 2.77. The molecule has 0 aliphatic rings. The molecule has 5 nitrogen and oxygen atoms in total. The van der Waals surface area contributed by atoms with Gasteiger partial charge in [-0.1, -0.05) is 0 Å². The number of pyridine rings is 1. The third-order valence-corrected chi connectivity index (χ3v) is 1.83. The highest BCUT2D eigenvalue weighted by Crippen LogP contribution is 2.28. The summed E-state index contributed by atoms with van der Waals surface area (Å²) in [6.45, 7) is -2.48. The molecule has 0 aromatic carbocycles. The Labute approximate surface area is 89.7 Å². The molecule has 0 aliphatic carbocycles. The standard InChI is InChI=1S/C9H9FN4O/c1-14-12-5-7(13-14)6-3-4-11-9(10)8(6)15-2/h3-5H,1-2H3/i1D3. The first-order valence-corrected chi connectivity index (χ1v) is 4.05. The predicted octanol–water partition coefficient (Wildman–Crippen LogP) is 1.02. The molecule has 0 N–H and O–H groups in total. The smallest absolute Gasteiger partial charge is 0.255 e. The van der Waals surface area contributed by atoms with Gasteiger partial charge in [0.25, 0.3) is 5.95 Å². The fourth-order valence-corrected chi connectivity index (χ4v) is 1.21. The minimum Gasteiger partial charge on any atom is -0.491 e. The van der Waals surface area contributed by atoms with Gasteiger partial charge >= 0.3 is 0 Å². The molecule has 0 bridgehead atoms. The van der Waals surface area contributed by atoms with Gasteiger partial charge in [-0.3, -0.25) is 0 Å². The summed E-state index contributed by atoms with van der Waals surface area (Å²) in [6, 6.07) is 1.47. The van der Waals surface area contributed by atoms with Crippen LogP contribution >= 0.6 is 0 Å². The lowest BCUT2D eigenvalue weighted by Gasteiger charge is -2.05. The lowest BCUT2D eigenvalue weighted by atomic mass is 10.2. The molecular formula is C9H9FN4O. The van der Waals surface area contributed by atoms with Crippen molar-refractivity contribution in [2.45, 2.75) is 0 Å². The highest BCUT2D eigenvalue weighted by Gasteiger charge is 2.13. The van der Waals surface area contributed by atoms with Crippen molar-refractivity contribution in [3.8, 4) is 17.0 Å². The van der Waals surface area contributed by atoms with Crippen LogP contribution in [-0.2, 0) is 6.98 Å². The van der Waals surface area contributed by atoms with Crippen molar-refractivity contribution in [3.63, 3.8) is 0 Å². The summed E-state index contributed by atoms with van der Waals surface area (Å²) in [7, 11) is 1.29. The monoisotopic (exact) mass is 211 g/mol. The van der Waals surface area contributed by atoms with Crippen LogP contribution in [0.25, 0.3) is 11.3 Å². The van der Waals surface area contributed by atoms with Crippen LogP contribution in [0.1, 0.15) is 4.11 Å². The van der Waals surface area contributed by atoms with Crippen molar-refractivity contribution >= 4 is 0 Å². The van der Waals surface area contributed by atoms with Crippen LogP contribution < -0.4 is 4.74 Å². The summed E-state index contributed by atoms with van der Waals surface area (Å²) in [5, 5.41) is 7.38. The number of nitrogens with zero attached hydrogens (tertiary/aromatic N) is 4. The lowest BCUT2D eigenvalue weighted by Crippen LogP contribution is -1.96. The van der Waals surface area contributed by atoms with E-state index in [1.165, 1.54) is 25.6 Å². The summed E-state index contributed by atoms with van der Waals surface area (Å²) in [4.78, 5) is 4.02. The van der Waals surface area contributed by atoms with Crippen LogP contribution in [0.5, 0.6) is 5.75 Å². The molecule has 0 aliphatic heterocycles. The Morgan fingerprint density at radius 3 is 3.13 bits per heavy atom. The first-order valence-electron chi connectivity index (χ1n) is 5.55. The van der Waals surface area contributed by atoms with Gasteiger partial charge in [-0.2, -0.15) is 19.4 Å². The van der Waals surface area contributed by atoms with Crippen molar-refractivity contribution in [2.24, 2.45) is 6.98 Å². The fourth-order valence-electron chi connectivity index (χ4n) is 1.21. The quantitative estimate of drug-likeness (QED) is 0.696. The molecule has 2 heterocycles. The van der Waals surface area contributed by atoms with E-state index in [0.717, 1.165) is 0 Å². The molecule has 6 heteroatoms. The minimum absolute atomic E-state index is 0.102. The Kier molecular flexibility index (Phi) is 1.58. The molecular weight excluding hydrogens is 199 g/mol. The van der Waals surface area contributed by atoms with Crippen molar-refractivity contribution in [3.05, 3.63) is 24.4 Å². The maximum Gasteiger partial charge on any atom is 0.255 e. The van der Waals surface area contributed by atoms with E-state index >= 15 is 0 Å². The molecule has 2 aromatic rings. The predicted molar refractivity (Wildman–Crippen MR) is 50.7 cm³/mol. The number of aryl methyl sites for hydroxylation is 1. The van der Waals surface area contributed by atoms with Crippen molar-refractivity contribution in [1.82, 2.24) is 20.0 Å². The number of hydrogen-bond acceptors (Lipinski definition) is 4. The molecule has 0 spiro atoms.